The first-order chi connectivity index (χ1) is 14.7. The Kier molecular flexibility index (Phi) is 7.85. The van der Waals surface area contributed by atoms with Gasteiger partial charge in [-0.15, -0.1) is 0 Å². The summed E-state index contributed by atoms with van der Waals surface area (Å²) in [5.74, 6) is -1.67. The maximum absolute atomic E-state index is 12.6. The number of esters is 2. The normalized spacial score (nSPS) is 42.8. The molecule has 9 atom stereocenters. The summed E-state index contributed by atoms with van der Waals surface area (Å²) in [6, 6.07) is 0. The molecule has 9 nitrogen and oxygen atoms in total. The van der Waals surface area contributed by atoms with E-state index in [1.165, 1.54) is 20.1 Å². The molecular formula is C22H32O9. The minimum absolute atomic E-state index is 0.0357. The Balaban J connectivity index is 1.86. The molecule has 2 saturated heterocycles. The van der Waals surface area contributed by atoms with Gasteiger partial charge in [-0.05, 0) is 31.4 Å². The lowest BCUT2D eigenvalue weighted by atomic mass is 9.84. The predicted molar refractivity (Wildman–Crippen MR) is 107 cm³/mol. The summed E-state index contributed by atoms with van der Waals surface area (Å²) < 4.78 is 27.7. The maximum Gasteiger partial charge on any atom is 0.309 e. The van der Waals surface area contributed by atoms with Gasteiger partial charge in [0.05, 0.1) is 18.6 Å². The third kappa shape index (κ3) is 6.35. The van der Waals surface area contributed by atoms with Gasteiger partial charge in [-0.3, -0.25) is 14.4 Å². The minimum Gasteiger partial charge on any atom is -0.462 e. The van der Waals surface area contributed by atoms with Gasteiger partial charge in [-0.25, -0.2) is 0 Å². The lowest BCUT2D eigenvalue weighted by Gasteiger charge is -2.32. The lowest BCUT2D eigenvalue weighted by molar-refractivity contribution is -0.181. The molecule has 9 heteroatoms. The van der Waals surface area contributed by atoms with Crippen LogP contribution in [0.3, 0.4) is 0 Å². The summed E-state index contributed by atoms with van der Waals surface area (Å²) in [7, 11) is 1.43. The Morgan fingerprint density at radius 1 is 1.16 bits per heavy atom. The smallest absolute Gasteiger partial charge is 0.309 e. The number of allylic oxidation sites excluding steroid dienone is 1. The summed E-state index contributed by atoms with van der Waals surface area (Å²) in [5.41, 5.74) is 0. The zero-order valence-electron chi connectivity index (χ0n) is 18.4. The molecule has 0 aliphatic carbocycles. The van der Waals surface area contributed by atoms with Crippen LogP contribution in [-0.2, 0) is 38.1 Å². The van der Waals surface area contributed by atoms with Crippen LogP contribution < -0.4 is 0 Å². The summed E-state index contributed by atoms with van der Waals surface area (Å²) >= 11 is 0. The van der Waals surface area contributed by atoms with Crippen LogP contribution in [0.4, 0.5) is 0 Å². The first-order valence-electron chi connectivity index (χ1n) is 10.8. The van der Waals surface area contributed by atoms with Crippen molar-refractivity contribution in [2.75, 3.05) is 7.11 Å². The molecule has 0 saturated carbocycles. The van der Waals surface area contributed by atoms with Crippen molar-refractivity contribution in [1.29, 1.82) is 0 Å². The van der Waals surface area contributed by atoms with Crippen LogP contribution in [0.15, 0.2) is 12.2 Å². The molecule has 1 N–H and O–H groups in total. The largest absolute Gasteiger partial charge is 0.462 e. The SMILES string of the molecule is COC1[C@H]2OC(O)C[C@H]2C[C@@H](C)C(=O)/C=C/[C@@H]2O[C@H]2C[C@@H](C)OC(=O)C[C@H]1OC(C)=O. The van der Waals surface area contributed by atoms with Crippen molar-refractivity contribution in [2.45, 2.75) is 89.4 Å². The average molecular weight is 440 g/mol. The Morgan fingerprint density at radius 2 is 1.90 bits per heavy atom. The van der Waals surface area contributed by atoms with Gasteiger partial charge < -0.3 is 28.8 Å². The highest BCUT2D eigenvalue weighted by molar-refractivity contribution is 5.91. The van der Waals surface area contributed by atoms with Gasteiger partial charge in [0.1, 0.15) is 24.4 Å². The van der Waals surface area contributed by atoms with Crippen molar-refractivity contribution in [3.05, 3.63) is 12.2 Å². The van der Waals surface area contributed by atoms with E-state index in [2.05, 4.69) is 0 Å². The van der Waals surface area contributed by atoms with Gasteiger partial charge in [0, 0.05) is 32.8 Å². The van der Waals surface area contributed by atoms with Crippen LogP contribution in [0.2, 0.25) is 0 Å². The molecule has 3 rings (SSSR count). The molecule has 2 fully saturated rings. The highest BCUT2D eigenvalue weighted by Crippen LogP contribution is 2.36. The topological polar surface area (TPSA) is 121 Å². The van der Waals surface area contributed by atoms with E-state index in [1.54, 1.807) is 13.0 Å². The first kappa shape index (κ1) is 23.8. The van der Waals surface area contributed by atoms with Crippen molar-refractivity contribution in [1.82, 2.24) is 0 Å². The fraction of sp³-hybridized carbons (Fsp3) is 0.773. The van der Waals surface area contributed by atoms with E-state index >= 15 is 0 Å². The number of hydrogen-bond donors (Lipinski definition) is 1. The number of ketones is 1. The van der Waals surface area contributed by atoms with Crippen LogP contribution >= 0.6 is 0 Å². The number of carbonyl (C=O) groups excluding carboxylic acids is 3. The van der Waals surface area contributed by atoms with Crippen molar-refractivity contribution < 1.29 is 43.2 Å². The van der Waals surface area contributed by atoms with Gasteiger partial charge >= 0.3 is 11.9 Å². The van der Waals surface area contributed by atoms with Crippen molar-refractivity contribution in [2.24, 2.45) is 11.8 Å². The summed E-state index contributed by atoms with van der Waals surface area (Å²) in [6.07, 6.45) is 0.206. The molecular weight excluding hydrogens is 408 g/mol. The molecule has 0 aromatic heterocycles. The number of rotatable bonds is 2. The monoisotopic (exact) mass is 440 g/mol. The number of aliphatic hydroxyl groups is 1. The highest BCUT2D eigenvalue weighted by atomic mass is 16.6. The molecule has 3 heterocycles. The standard InChI is InChI=1S/C22H32O9/c1-11-7-14-9-19(25)31-21(14)22(27-4)18(29-13(3)23)10-20(26)28-12(2)8-17-16(30-17)6-5-15(11)24/h5-6,11-12,14,16-19,21-22,25H,7-10H2,1-4H3/b6-5+/t11-,12-,14-,16+,17+,18-,19?,21+,22?/m1/s1. The van der Waals surface area contributed by atoms with Crippen LogP contribution in [0.1, 0.15) is 46.5 Å². The Labute approximate surface area is 182 Å². The molecule has 0 aromatic rings. The number of epoxide rings is 1. The molecule has 31 heavy (non-hydrogen) atoms. The molecule has 0 bridgehead atoms. The minimum atomic E-state index is -1.03. The number of fused-ring (bicyclic) bond motifs is 2. The number of methoxy groups -OCH3 is 1. The maximum atomic E-state index is 12.6. The van der Waals surface area contributed by atoms with E-state index in [0.29, 0.717) is 19.3 Å². The number of aliphatic hydroxyl groups excluding tert-OH is 1. The fourth-order valence-corrected chi connectivity index (χ4v) is 4.50. The third-order valence-electron chi connectivity index (χ3n) is 6.04. The van der Waals surface area contributed by atoms with E-state index < -0.39 is 42.6 Å². The van der Waals surface area contributed by atoms with Crippen LogP contribution in [0, 0.1) is 11.8 Å². The first-order valence-corrected chi connectivity index (χ1v) is 10.8. The second-order valence-corrected chi connectivity index (χ2v) is 8.68. The van der Waals surface area contributed by atoms with Crippen LogP contribution in [0.25, 0.3) is 0 Å². The Bertz CT molecular complexity index is 705. The van der Waals surface area contributed by atoms with Gasteiger partial charge in [-0.1, -0.05) is 6.92 Å². The molecule has 3 aliphatic rings. The van der Waals surface area contributed by atoms with Crippen molar-refractivity contribution in [3.8, 4) is 0 Å². The zero-order valence-corrected chi connectivity index (χ0v) is 18.4. The predicted octanol–water partition coefficient (Wildman–Crippen LogP) is 1.30. The van der Waals surface area contributed by atoms with Crippen molar-refractivity contribution >= 4 is 17.7 Å². The zero-order chi connectivity index (χ0) is 22.7. The van der Waals surface area contributed by atoms with E-state index in [4.69, 9.17) is 23.7 Å². The third-order valence-corrected chi connectivity index (χ3v) is 6.04. The number of ether oxygens (including phenoxy) is 5. The number of cyclic esters (lactones) is 1. The van der Waals surface area contributed by atoms with E-state index in [0.717, 1.165) is 0 Å². The van der Waals surface area contributed by atoms with E-state index in [-0.39, 0.29) is 36.2 Å². The number of carbonyl (C=O) groups is 3. The van der Waals surface area contributed by atoms with Crippen LogP contribution in [0.5, 0.6) is 0 Å². The van der Waals surface area contributed by atoms with Gasteiger partial charge in [-0.2, -0.15) is 0 Å². The van der Waals surface area contributed by atoms with Crippen molar-refractivity contribution in [3.63, 3.8) is 0 Å². The highest BCUT2D eigenvalue weighted by Gasteiger charge is 2.46. The van der Waals surface area contributed by atoms with E-state index in [9.17, 15) is 19.5 Å². The van der Waals surface area contributed by atoms with Gasteiger partial charge in [0.25, 0.3) is 0 Å². The molecule has 3 aliphatic heterocycles. The lowest BCUT2D eigenvalue weighted by Crippen LogP contribution is -2.46. The summed E-state index contributed by atoms with van der Waals surface area (Å²) in [6.45, 7) is 4.84. The molecule has 0 spiro atoms. The molecule has 174 valence electrons. The summed E-state index contributed by atoms with van der Waals surface area (Å²) in [5, 5.41) is 10.1. The number of hydrogen-bond acceptors (Lipinski definition) is 9. The second kappa shape index (κ2) is 10.2. The Morgan fingerprint density at radius 3 is 2.58 bits per heavy atom. The molecule has 2 unspecified atom stereocenters. The van der Waals surface area contributed by atoms with E-state index in [1.807, 2.05) is 6.92 Å². The molecule has 0 radical (unpaired) electrons. The quantitative estimate of drug-likeness (QED) is 0.500. The molecule has 0 amide bonds. The average Bonchev–Trinajstić information content (AvgIpc) is 3.30. The fourth-order valence-electron chi connectivity index (χ4n) is 4.50. The Hall–Kier alpha value is -1.81. The summed E-state index contributed by atoms with van der Waals surface area (Å²) in [4.78, 5) is 36.9. The van der Waals surface area contributed by atoms with Gasteiger partial charge in [0.15, 0.2) is 12.1 Å². The second-order valence-electron chi connectivity index (χ2n) is 8.68. The van der Waals surface area contributed by atoms with Crippen LogP contribution in [-0.4, -0.2) is 72.9 Å². The van der Waals surface area contributed by atoms with Gasteiger partial charge in [0.2, 0.25) is 0 Å². The molecule has 0 aromatic carbocycles.